The van der Waals surface area contributed by atoms with Gasteiger partial charge in [0.1, 0.15) is 5.82 Å². The number of carbonyl (C=O) groups excluding carboxylic acids is 1. The number of nitrogens with zero attached hydrogens (tertiary/aromatic N) is 2. The summed E-state index contributed by atoms with van der Waals surface area (Å²) in [5.74, 6) is 0.292. The smallest absolute Gasteiger partial charge is 0.222 e. The van der Waals surface area contributed by atoms with Crippen molar-refractivity contribution >= 4 is 23.2 Å². The Balaban J connectivity index is 2.08. The van der Waals surface area contributed by atoms with Crippen LogP contribution in [0, 0.1) is 5.82 Å². The van der Waals surface area contributed by atoms with Crippen LogP contribution in [0.4, 0.5) is 21.7 Å². The molecule has 0 fully saturated rings. The highest BCUT2D eigenvalue weighted by atomic mass is 19.1. The Labute approximate surface area is 103 Å². The van der Waals surface area contributed by atoms with Gasteiger partial charge in [-0.05, 0) is 30.3 Å². The molecule has 0 aliphatic carbocycles. The highest BCUT2D eigenvalue weighted by molar-refractivity contribution is 5.87. The zero-order valence-electron chi connectivity index (χ0n) is 9.64. The minimum absolute atomic E-state index is 0.213. The molecule has 92 valence electrons. The molecule has 2 N–H and O–H groups in total. The first kappa shape index (κ1) is 12.0. The summed E-state index contributed by atoms with van der Waals surface area (Å²) < 4.78 is 13.0. The van der Waals surface area contributed by atoms with Crippen molar-refractivity contribution in [3.05, 3.63) is 42.2 Å². The Morgan fingerprint density at radius 3 is 2.50 bits per heavy atom. The van der Waals surface area contributed by atoms with Crippen LogP contribution in [0.3, 0.4) is 0 Å². The fourth-order valence-electron chi connectivity index (χ4n) is 1.36. The lowest BCUT2D eigenvalue weighted by Gasteiger charge is -2.05. The number of benzene rings is 1. The molecule has 2 aromatic rings. The summed E-state index contributed by atoms with van der Waals surface area (Å²) in [4.78, 5) is 10.8. The van der Waals surface area contributed by atoms with E-state index < -0.39 is 0 Å². The predicted molar refractivity (Wildman–Crippen MR) is 66.0 cm³/mol. The molecule has 0 saturated carbocycles. The fraction of sp³-hybridized carbons (Fsp3) is 0.0833. The molecule has 1 amide bonds. The van der Waals surface area contributed by atoms with Gasteiger partial charge in [0.05, 0.1) is 0 Å². The molecular weight excluding hydrogens is 235 g/mol. The van der Waals surface area contributed by atoms with E-state index in [4.69, 9.17) is 0 Å². The van der Waals surface area contributed by atoms with Crippen LogP contribution in [-0.4, -0.2) is 16.1 Å². The third-order valence-electron chi connectivity index (χ3n) is 2.07. The second-order valence-electron chi connectivity index (χ2n) is 3.62. The molecule has 0 spiro atoms. The first-order valence-corrected chi connectivity index (χ1v) is 5.27. The number of hydrogen-bond acceptors (Lipinski definition) is 4. The monoisotopic (exact) mass is 246 g/mol. The normalized spacial score (nSPS) is 9.89. The van der Waals surface area contributed by atoms with Gasteiger partial charge in [0, 0.05) is 12.6 Å². The minimum Gasteiger partial charge on any atom is -0.339 e. The van der Waals surface area contributed by atoms with Crippen molar-refractivity contribution in [1.82, 2.24) is 10.2 Å². The van der Waals surface area contributed by atoms with Crippen LogP contribution in [0.1, 0.15) is 6.92 Å². The molecule has 0 saturated heterocycles. The van der Waals surface area contributed by atoms with Crippen molar-refractivity contribution in [2.75, 3.05) is 10.6 Å². The van der Waals surface area contributed by atoms with Crippen LogP contribution in [-0.2, 0) is 4.79 Å². The minimum atomic E-state index is -0.331. The van der Waals surface area contributed by atoms with Crippen molar-refractivity contribution in [2.24, 2.45) is 0 Å². The maximum atomic E-state index is 13.0. The third kappa shape index (κ3) is 3.24. The van der Waals surface area contributed by atoms with Crippen LogP contribution in [0.5, 0.6) is 0 Å². The van der Waals surface area contributed by atoms with E-state index in [0.29, 0.717) is 17.3 Å². The van der Waals surface area contributed by atoms with Gasteiger partial charge in [-0.15, -0.1) is 10.2 Å². The van der Waals surface area contributed by atoms with Crippen molar-refractivity contribution < 1.29 is 9.18 Å². The van der Waals surface area contributed by atoms with E-state index in [2.05, 4.69) is 20.8 Å². The molecule has 0 unspecified atom stereocenters. The van der Waals surface area contributed by atoms with E-state index >= 15 is 0 Å². The number of rotatable bonds is 3. The third-order valence-corrected chi connectivity index (χ3v) is 2.07. The largest absolute Gasteiger partial charge is 0.339 e. The van der Waals surface area contributed by atoms with E-state index in [1.54, 1.807) is 24.3 Å². The zero-order chi connectivity index (χ0) is 13.0. The van der Waals surface area contributed by atoms with Gasteiger partial charge in [-0.2, -0.15) is 0 Å². The molecule has 1 aromatic heterocycles. The van der Waals surface area contributed by atoms with Crippen LogP contribution in [0.2, 0.25) is 0 Å². The van der Waals surface area contributed by atoms with E-state index in [-0.39, 0.29) is 11.7 Å². The van der Waals surface area contributed by atoms with Gasteiger partial charge in [0.2, 0.25) is 5.91 Å². The molecular formula is C12H11FN4O. The summed E-state index contributed by atoms with van der Waals surface area (Å²) in [5.41, 5.74) is 0.580. The molecule has 0 atom stereocenters. The Morgan fingerprint density at radius 1 is 1.17 bits per heavy atom. The topological polar surface area (TPSA) is 66.9 Å². The van der Waals surface area contributed by atoms with E-state index in [1.807, 2.05) is 0 Å². The highest BCUT2D eigenvalue weighted by Crippen LogP contribution is 2.15. The Morgan fingerprint density at radius 2 is 1.89 bits per heavy atom. The second-order valence-corrected chi connectivity index (χ2v) is 3.62. The molecule has 1 heterocycles. The zero-order valence-corrected chi connectivity index (χ0v) is 9.64. The maximum Gasteiger partial charge on any atom is 0.222 e. The fourth-order valence-corrected chi connectivity index (χ4v) is 1.36. The molecule has 5 nitrogen and oxygen atoms in total. The molecule has 2 rings (SSSR count). The van der Waals surface area contributed by atoms with Gasteiger partial charge in [0.15, 0.2) is 11.6 Å². The van der Waals surface area contributed by atoms with Crippen LogP contribution < -0.4 is 10.6 Å². The standard InChI is InChI=1S/C12H11FN4O/c1-8(18)14-11-5-6-12(17-16-11)15-10-4-2-3-9(13)7-10/h2-7H,1H3,(H,15,17)(H,14,16,18). The van der Waals surface area contributed by atoms with Crippen molar-refractivity contribution in [3.8, 4) is 0 Å². The average molecular weight is 246 g/mol. The van der Waals surface area contributed by atoms with Gasteiger partial charge >= 0.3 is 0 Å². The maximum absolute atomic E-state index is 13.0. The number of aromatic nitrogens is 2. The Bertz CT molecular complexity index is 556. The lowest BCUT2D eigenvalue weighted by atomic mass is 10.3. The first-order valence-electron chi connectivity index (χ1n) is 5.27. The van der Waals surface area contributed by atoms with Crippen LogP contribution >= 0.6 is 0 Å². The highest BCUT2D eigenvalue weighted by Gasteiger charge is 2.00. The molecule has 6 heteroatoms. The van der Waals surface area contributed by atoms with Crippen molar-refractivity contribution in [3.63, 3.8) is 0 Å². The summed E-state index contributed by atoms with van der Waals surface area (Å²) in [7, 11) is 0. The first-order chi connectivity index (χ1) is 8.63. The number of hydrogen-bond donors (Lipinski definition) is 2. The number of carbonyl (C=O) groups is 1. The van der Waals surface area contributed by atoms with Gasteiger partial charge in [0.25, 0.3) is 0 Å². The van der Waals surface area contributed by atoms with Crippen molar-refractivity contribution in [1.29, 1.82) is 0 Å². The molecule has 0 aliphatic rings. The molecule has 18 heavy (non-hydrogen) atoms. The van der Waals surface area contributed by atoms with E-state index in [9.17, 15) is 9.18 Å². The average Bonchev–Trinajstić information content (AvgIpc) is 2.31. The Hall–Kier alpha value is -2.50. The van der Waals surface area contributed by atoms with Gasteiger partial charge in [-0.3, -0.25) is 4.79 Å². The molecule has 0 bridgehead atoms. The number of halogens is 1. The van der Waals surface area contributed by atoms with Gasteiger partial charge in [-0.1, -0.05) is 6.07 Å². The molecule has 0 radical (unpaired) electrons. The summed E-state index contributed by atoms with van der Waals surface area (Å²) in [6, 6.07) is 9.27. The second kappa shape index (κ2) is 5.22. The van der Waals surface area contributed by atoms with Gasteiger partial charge < -0.3 is 10.6 Å². The lowest BCUT2D eigenvalue weighted by molar-refractivity contribution is -0.114. The number of amides is 1. The van der Waals surface area contributed by atoms with E-state index in [1.165, 1.54) is 19.1 Å². The number of anilines is 3. The van der Waals surface area contributed by atoms with Gasteiger partial charge in [-0.25, -0.2) is 4.39 Å². The number of nitrogens with one attached hydrogen (secondary N) is 2. The van der Waals surface area contributed by atoms with Crippen molar-refractivity contribution in [2.45, 2.75) is 6.92 Å². The predicted octanol–water partition coefficient (Wildman–Crippen LogP) is 2.32. The Kier molecular flexibility index (Phi) is 3.47. The quantitative estimate of drug-likeness (QED) is 0.872. The van der Waals surface area contributed by atoms with E-state index in [0.717, 1.165) is 0 Å². The SMILES string of the molecule is CC(=O)Nc1ccc(Nc2cccc(F)c2)nn1. The van der Waals surface area contributed by atoms with Crippen LogP contribution in [0.25, 0.3) is 0 Å². The summed E-state index contributed by atoms with van der Waals surface area (Å²) >= 11 is 0. The van der Waals surface area contributed by atoms with Crippen LogP contribution in [0.15, 0.2) is 36.4 Å². The summed E-state index contributed by atoms with van der Waals surface area (Å²) in [6.45, 7) is 1.39. The molecule has 0 aliphatic heterocycles. The molecule has 1 aromatic carbocycles. The lowest BCUT2D eigenvalue weighted by Crippen LogP contribution is -2.08. The summed E-state index contributed by atoms with van der Waals surface area (Å²) in [6.07, 6.45) is 0. The summed E-state index contributed by atoms with van der Waals surface area (Å²) in [5, 5.41) is 13.1.